The molecule has 0 aromatic carbocycles. The van der Waals surface area contributed by atoms with Gasteiger partial charge in [0.2, 0.25) is 0 Å². The van der Waals surface area contributed by atoms with E-state index in [0.29, 0.717) is 0 Å². The minimum absolute atomic E-state index is 0.112. The normalized spacial score (nSPS) is 12.1. The fraction of sp³-hybridized carbons (Fsp3) is 0.556. The summed E-state index contributed by atoms with van der Waals surface area (Å²) in [5.74, 6) is 0.320. The van der Waals surface area contributed by atoms with Gasteiger partial charge in [-0.1, -0.05) is 5.92 Å². The molecule has 0 aromatic rings. The van der Waals surface area contributed by atoms with E-state index in [0.717, 1.165) is 0 Å². The number of carbonyl (C=O) groups is 2. The van der Waals surface area contributed by atoms with Crippen LogP contribution >= 0.6 is 0 Å². The Bertz CT molecular complexity index is 256. The second kappa shape index (κ2) is 6.00. The molecule has 1 atom stereocenters. The lowest BCUT2D eigenvalue weighted by atomic mass is 10.2. The second-order valence-electron chi connectivity index (χ2n) is 2.83. The van der Waals surface area contributed by atoms with Crippen molar-refractivity contribution in [3.63, 3.8) is 0 Å². The summed E-state index contributed by atoms with van der Waals surface area (Å²) in [6.45, 7) is 1.76. The number of carboxylic acids is 2. The Morgan fingerprint density at radius 3 is 2.43 bits per heavy atom. The van der Waals surface area contributed by atoms with Crippen LogP contribution in [-0.2, 0) is 9.59 Å². The third-order valence-corrected chi connectivity index (χ3v) is 1.81. The molecule has 0 spiro atoms. The Labute approximate surface area is 82.3 Å². The molecular formula is C9H13NO4. The Morgan fingerprint density at radius 2 is 2.07 bits per heavy atom. The zero-order chi connectivity index (χ0) is 11.1. The van der Waals surface area contributed by atoms with Crippen molar-refractivity contribution in [1.29, 1.82) is 0 Å². The molecule has 0 rings (SSSR count). The fourth-order valence-corrected chi connectivity index (χ4v) is 0.922. The van der Waals surface area contributed by atoms with Gasteiger partial charge in [-0.25, -0.2) is 0 Å². The third kappa shape index (κ3) is 4.48. The summed E-state index contributed by atoms with van der Waals surface area (Å²) >= 11 is 0. The minimum Gasteiger partial charge on any atom is -0.481 e. The summed E-state index contributed by atoms with van der Waals surface area (Å²) in [6.07, 6.45) is 4.93. The molecular weight excluding hydrogens is 186 g/mol. The van der Waals surface area contributed by atoms with Gasteiger partial charge in [0.25, 0.3) is 0 Å². The van der Waals surface area contributed by atoms with Gasteiger partial charge >= 0.3 is 11.9 Å². The molecule has 0 aliphatic heterocycles. The maximum absolute atomic E-state index is 10.6. The minimum atomic E-state index is -1.01. The zero-order valence-electron chi connectivity index (χ0n) is 7.93. The molecule has 0 saturated carbocycles. The van der Waals surface area contributed by atoms with Crippen LogP contribution in [0.15, 0.2) is 0 Å². The molecule has 2 N–H and O–H groups in total. The third-order valence-electron chi connectivity index (χ3n) is 1.81. The highest BCUT2D eigenvalue weighted by atomic mass is 16.4. The summed E-state index contributed by atoms with van der Waals surface area (Å²) in [4.78, 5) is 22.3. The van der Waals surface area contributed by atoms with Gasteiger partial charge < -0.3 is 10.2 Å². The van der Waals surface area contributed by atoms with Crippen LogP contribution in [0.3, 0.4) is 0 Å². The SMILES string of the molecule is C#CCN(CCC(=O)O)C(C)C(=O)O. The van der Waals surface area contributed by atoms with Crippen molar-refractivity contribution in [3.8, 4) is 12.3 Å². The van der Waals surface area contributed by atoms with E-state index in [-0.39, 0.29) is 19.5 Å². The largest absolute Gasteiger partial charge is 0.481 e. The number of rotatable bonds is 6. The predicted molar refractivity (Wildman–Crippen MR) is 49.8 cm³/mol. The molecule has 0 aliphatic rings. The van der Waals surface area contributed by atoms with Gasteiger partial charge in [0, 0.05) is 6.54 Å². The monoisotopic (exact) mass is 199 g/mol. The van der Waals surface area contributed by atoms with Crippen molar-refractivity contribution in [1.82, 2.24) is 4.90 Å². The van der Waals surface area contributed by atoms with Crippen LogP contribution in [0.4, 0.5) is 0 Å². The molecule has 1 unspecified atom stereocenters. The van der Waals surface area contributed by atoms with Gasteiger partial charge in [-0.05, 0) is 6.92 Å². The topological polar surface area (TPSA) is 77.8 Å². The van der Waals surface area contributed by atoms with Gasteiger partial charge in [-0.3, -0.25) is 14.5 Å². The molecule has 0 fully saturated rings. The van der Waals surface area contributed by atoms with Crippen LogP contribution in [0.1, 0.15) is 13.3 Å². The predicted octanol–water partition coefficient (Wildman–Crippen LogP) is -0.131. The first-order valence-corrected chi connectivity index (χ1v) is 4.11. The van der Waals surface area contributed by atoms with Gasteiger partial charge in [0.05, 0.1) is 13.0 Å². The van der Waals surface area contributed by atoms with Gasteiger partial charge in [-0.15, -0.1) is 6.42 Å². The summed E-state index contributed by atoms with van der Waals surface area (Å²) in [7, 11) is 0. The zero-order valence-corrected chi connectivity index (χ0v) is 7.93. The smallest absolute Gasteiger partial charge is 0.320 e. The van der Waals surface area contributed by atoms with E-state index in [9.17, 15) is 9.59 Å². The Balaban J connectivity index is 4.22. The maximum Gasteiger partial charge on any atom is 0.320 e. The van der Waals surface area contributed by atoms with E-state index < -0.39 is 18.0 Å². The highest BCUT2D eigenvalue weighted by Gasteiger charge is 2.19. The lowest BCUT2D eigenvalue weighted by Gasteiger charge is -2.22. The molecule has 0 bridgehead atoms. The molecule has 5 nitrogen and oxygen atoms in total. The van der Waals surface area contributed by atoms with Crippen molar-refractivity contribution in [2.24, 2.45) is 0 Å². The molecule has 0 amide bonds. The van der Waals surface area contributed by atoms with Crippen LogP contribution in [0.2, 0.25) is 0 Å². The van der Waals surface area contributed by atoms with Gasteiger partial charge in [0.1, 0.15) is 6.04 Å². The van der Waals surface area contributed by atoms with Gasteiger partial charge in [0.15, 0.2) is 0 Å². The molecule has 0 aliphatic carbocycles. The number of aliphatic carboxylic acids is 2. The summed E-state index contributed by atoms with van der Waals surface area (Å²) < 4.78 is 0. The first-order valence-electron chi connectivity index (χ1n) is 4.11. The highest BCUT2D eigenvalue weighted by Crippen LogP contribution is 2.00. The number of carboxylic acid groups (broad SMARTS) is 2. The lowest BCUT2D eigenvalue weighted by Crippen LogP contribution is -2.40. The lowest BCUT2D eigenvalue weighted by molar-refractivity contribution is -0.144. The number of nitrogens with zero attached hydrogens (tertiary/aromatic N) is 1. The van der Waals surface area contributed by atoms with E-state index in [1.807, 2.05) is 0 Å². The van der Waals surface area contributed by atoms with Crippen molar-refractivity contribution in [2.75, 3.05) is 13.1 Å². The highest BCUT2D eigenvalue weighted by molar-refractivity contribution is 5.73. The van der Waals surface area contributed by atoms with E-state index in [1.54, 1.807) is 0 Å². The van der Waals surface area contributed by atoms with Crippen molar-refractivity contribution < 1.29 is 19.8 Å². The first kappa shape index (κ1) is 12.5. The Hall–Kier alpha value is -1.54. The van der Waals surface area contributed by atoms with Crippen LogP contribution in [0, 0.1) is 12.3 Å². The Kier molecular flexibility index (Phi) is 5.34. The van der Waals surface area contributed by atoms with E-state index >= 15 is 0 Å². The fourth-order valence-electron chi connectivity index (χ4n) is 0.922. The van der Waals surface area contributed by atoms with E-state index in [2.05, 4.69) is 5.92 Å². The summed E-state index contributed by atoms with van der Waals surface area (Å²) in [6, 6.07) is -0.759. The molecule has 0 saturated heterocycles. The maximum atomic E-state index is 10.6. The second-order valence-corrected chi connectivity index (χ2v) is 2.83. The van der Waals surface area contributed by atoms with Crippen molar-refractivity contribution in [2.45, 2.75) is 19.4 Å². The van der Waals surface area contributed by atoms with Crippen LogP contribution in [0.25, 0.3) is 0 Å². The average molecular weight is 199 g/mol. The standard InChI is InChI=1S/C9H13NO4/c1-3-5-10(6-4-8(11)12)7(2)9(13)14/h1,7H,4-6H2,2H3,(H,11,12)(H,13,14). The summed E-state index contributed by atoms with van der Waals surface area (Å²) in [5.41, 5.74) is 0. The summed E-state index contributed by atoms with van der Waals surface area (Å²) in [5, 5.41) is 17.1. The molecule has 0 radical (unpaired) electrons. The van der Waals surface area contributed by atoms with Crippen molar-refractivity contribution >= 4 is 11.9 Å². The average Bonchev–Trinajstić information content (AvgIpc) is 2.10. The molecule has 14 heavy (non-hydrogen) atoms. The number of hydrogen-bond donors (Lipinski definition) is 2. The quantitative estimate of drug-likeness (QED) is 0.582. The van der Waals surface area contributed by atoms with E-state index in [4.69, 9.17) is 16.6 Å². The molecule has 5 heteroatoms. The van der Waals surface area contributed by atoms with Gasteiger partial charge in [-0.2, -0.15) is 0 Å². The number of terminal acetylenes is 1. The molecule has 78 valence electrons. The first-order chi connectivity index (χ1) is 6.49. The van der Waals surface area contributed by atoms with E-state index in [1.165, 1.54) is 11.8 Å². The molecule has 0 aromatic heterocycles. The number of hydrogen-bond acceptors (Lipinski definition) is 3. The van der Waals surface area contributed by atoms with Crippen LogP contribution in [0.5, 0.6) is 0 Å². The Morgan fingerprint density at radius 1 is 1.50 bits per heavy atom. The molecule has 0 heterocycles. The van der Waals surface area contributed by atoms with Crippen LogP contribution < -0.4 is 0 Å². The van der Waals surface area contributed by atoms with Crippen LogP contribution in [-0.4, -0.2) is 46.2 Å². The van der Waals surface area contributed by atoms with Crippen molar-refractivity contribution in [3.05, 3.63) is 0 Å².